The lowest BCUT2D eigenvalue weighted by Crippen LogP contribution is -2.47. The molecule has 1 N–H and O–H groups in total. The number of rotatable bonds is 9. The van der Waals surface area contributed by atoms with Crippen LogP contribution in [0.5, 0.6) is 0 Å². The molecule has 1 aromatic carbocycles. The maximum Gasteiger partial charge on any atom is 0.211 e. The quantitative estimate of drug-likeness (QED) is 0.488. The van der Waals surface area contributed by atoms with Gasteiger partial charge in [-0.2, -0.15) is 5.26 Å². The van der Waals surface area contributed by atoms with E-state index in [1.165, 1.54) is 0 Å². The molecule has 182 valence electrons. The van der Waals surface area contributed by atoms with E-state index in [-0.39, 0.29) is 23.8 Å². The number of sulfonamides is 1. The first-order valence-electron chi connectivity index (χ1n) is 12.0. The van der Waals surface area contributed by atoms with Crippen LogP contribution < -0.4 is 4.72 Å². The zero-order valence-electron chi connectivity index (χ0n) is 19.9. The van der Waals surface area contributed by atoms with Crippen LogP contribution in [0, 0.1) is 11.3 Å². The number of piperidine rings is 1. The third kappa shape index (κ3) is 6.31. The molecular formula is C27H31N5O2S. The van der Waals surface area contributed by atoms with Crippen molar-refractivity contribution in [1.29, 1.82) is 5.26 Å². The third-order valence-corrected chi connectivity index (χ3v) is 8.14. The van der Waals surface area contributed by atoms with Crippen molar-refractivity contribution >= 4 is 10.0 Å². The van der Waals surface area contributed by atoms with Gasteiger partial charge >= 0.3 is 0 Å². The third-order valence-electron chi connectivity index (χ3n) is 6.50. The Kier molecular flexibility index (Phi) is 8.24. The number of benzene rings is 1. The fourth-order valence-electron chi connectivity index (χ4n) is 4.96. The van der Waals surface area contributed by atoms with Gasteiger partial charge in [0.1, 0.15) is 0 Å². The molecule has 0 saturated carbocycles. The largest absolute Gasteiger partial charge is 0.295 e. The number of nitrogens with zero attached hydrogens (tertiary/aromatic N) is 4. The lowest BCUT2D eigenvalue weighted by Gasteiger charge is -2.42. The molecule has 3 heterocycles. The minimum atomic E-state index is -3.25. The summed E-state index contributed by atoms with van der Waals surface area (Å²) < 4.78 is 27.5. The molecule has 1 unspecified atom stereocenters. The maximum absolute atomic E-state index is 12.3. The topological polar surface area (TPSA) is 99.0 Å². The second-order valence-electron chi connectivity index (χ2n) is 8.98. The van der Waals surface area contributed by atoms with E-state index in [1.807, 2.05) is 49.6 Å². The highest BCUT2D eigenvalue weighted by molar-refractivity contribution is 7.89. The monoisotopic (exact) mass is 489 g/mol. The lowest BCUT2D eigenvalue weighted by molar-refractivity contribution is 0.137. The number of likely N-dealkylation sites (tertiary alicyclic amines) is 1. The zero-order chi connectivity index (χ0) is 24.7. The smallest absolute Gasteiger partial charge is 0.211 e. The van der Waals surface area contributed by atoms with Gasteiger partial charge in [0.25, 0.3) is 0 Å². The Balaban J connectivity index is 1.70. The van der Waals surface area contributed by atoms with Crippen molar-refractivity contribution in [1.82, 2.24) is 19.6 Å². The van der Waals surface area contributed by atoms with Crippen LogP contribution in [0.15, 0.2) is 73.3 Å². The van der Waals surface area contributed by atoms with Gasteiger partial charge in [0, 0.05) is 55.9 Å². The first kappa shape index (κ1) is 25.0. The molecule has 1 aliphatic heterocycles. The van der Waals surface area contributed by atoms with Crippen LogP contribution in [0.4, 0.5) is 0 Å². The van der Waals surface area contributed by atoms with Gasteiger partial charge in [-0.25, -0.2) is 13.1 Å². The van der Waals surface area contributed by atoms with Gasteiger partial charge in [0.15, 0.2) is 0 Å². The molecular weight excluding hydrogens is 458 g/mol. The van der Waals surface area contributed by atoms with Crippen molar-refractivity contribution in [2.24, 2.45) is 0 Å². The number of hydrogen-bond donors (Lipinski definition) is 1. The van der Waals surface area contributed by atoms with Crippen molar-refractivity contribution in [2.75, 3.05) is 18.8 Å². The van der Waals surface area contributed by atoms with Crippen LogP contribution in [-0.2, 0) is 10.0 Å². The van der Waals surface area contributed by atoms with E-state index in [0.717, 1.165) is 42.6 Å². The van der Waals surface area contributed by atoms with E-state index in [2.05, 4.69) is 43.9 Å². The van der Waals surface area contributed by atoms with Crippen LogP contribution in [0.3, 0.4) is 0 Å². The Morgan fingerprint density at radius 1 is 1.03 bits per heavy atom. The summed E-state index contributed by atoms with van der Waals surface area (Å²) in [6.07, 6.45) is 9.37. The van der Waals surface area contributed by atoms with E-state index in [4.69, 9.17) is 0 Å². The normalized spacial score (nSPS) is 16.1. The van der Waals surface area contributed by atoms with Crippen molar-refractivity contribution in [3.8, 4) is 6.07 Å². The summed E-state index contributed by atoms with van der Waals surface area (Å²) in [5.41, 5.74) is 3.80. The van der Waals surface area contributed by atoms with E-state index < -0.39 is 10.0 Å². The highest BCUT2D eigenvalue weighted by atomic mass is 32.2. The molecule has 35 heavy (non-hydrogen) atoms. The van der Waals surface area contributed by atoms with E-state index in [1.54, 1.807) is 12.4 Å². The second-order valence-corrected chi connectivity index (χ2v) is 10.9. The SMILES string of the molecule is CCCS(=O)(=O)NC1CCN(C(c2cccc(C#N)c2)C(c2cccnc2)c2cccnc2)CC1. The molecule has 1 fully saturated rings. The first-order valence-corrected chi connectivity index (χ1v) is 13.7. The van der Waals surface area contributed by atoms with Crippen LogP contribution >= 0.6 is 0 Å². The Bertz CT molecular complexity index is 1200. The van der Waals surface area contributed by atoms with Gasteiger partial charge in [-0.15, -0.1) is 0 Å². The molecule has 3 aromatic rings. The van der Waals surface area contributed by atoms with Gasteiger partial charge in [0.2, 0.25) is 10.0 Å². The molecule has 1 atom stereocenters. The second kappa shape index (κ2) is 11.5. The van der Waals surface area contributed by atoms with E-state index in [9.17, 15) is 13.7 Å². The van der Waals surface area contributed by atoms with Gasteiger partial charge in [-0.05, 0) is 60.2 Å². The Morgan fingerprint density at radius 2 is 1.66 bits per heavy atom. The van der Waals surface area contributed by atoms with Crippen molar-refractivity contribution in [3.63, 3.8) is 0 Å². The van der Waals surface area contributed by atoms with Crippen molar-refractivity contribution < 1.29 is 8.42 Å². The van der Waals surface area contributed by atoms with Crippen LogP contribution in [0.25, 0.3) is 0 Å². The molecule has 1 saturated heterocycles. The predicted octanol–water partition coefficient (Wildman–Crippen LogP) is 4.02. The molecule has 0 spiro atoms. The van der Waals surface area contributed by atoms with Crippen molar-refractivity contribution in [2.45, 2.75) is 44.2 Å². The number of aromatic nitrogens is 2. The number of nitrogens with one attached hydrogen (secondary N) is 1. The fourth-order valence-corrected chi connectivity index (χ4v) is 6.36. The summed E-state index contributed by atoms with van der Waals surface area (Å²) in [7, 11) is -3.25. The van der Waals surface area contributed by atoms with Gasteiger partial charge in [0.05, 0.1) is 17.4 Å². The number of pyridine rings is 2. The molecule has 7 nitrogen and oxygen atoms in total. The molecule has 0 aliphatic carbocycles. The van der Waals surface area contributed by atoms with Crippen LogP contribution in [-0.4, -0.2) is 48.2 Å². The summed E-state index contributed by atoms with van der Waals surface area (Å²) in [6.45, 7) is 3.34. The molecule has 0 bridgehead atoms. The molecule has 1 aliphatic rings. The standard InChI is InChI=1S/C27H31N5O2S/c1-2-16-35(33,34)31-25-10-14-32(15-11-25)27(22-7-3-6-21(17-22)18-28)26(23-8-4-12-29-19-23)24-9-5-13-30-20-24/h3-9,12-13,17,19-20,25-27,31H,2,10-11,14-16H2,1H3. The summed E-state index contributed by atoms with van der Waals surface area (Å²) in [5.74, 6) is 0.0978. The van der Waals surface area contributed by atoms with Gasteiger partial charge < -0.3 is 0 Å². The fraction of sp³-hybridized carbons (Fsp3) is 0.370. The average molecular weight is 490 g/mol. The van der Waals surface area contributed by atoms with Gasteiger partial charge in [-0.3, -0.25) is 14.9 Å². The predicted molar refractivity (Wildman–Crippen MR) is 136 cm³/mol. The molecule has 0 radical (unpaired) electrons. The summed E-state index contributed by atoms with van der Waals surface area (Å²) in [5, 5.41) is 9.56. The Morgan fingerprint density at radius 3 is 2.20 bits per heavy atom. The van der Waals surface area contributed by atoms with Crippen LogP contribution in [0.2, 0.25) is 0 Å². The van der Waals surface area contributed by atoms with Crippen molar-refractivity contribution in [3.05, 3.63) is 95.6 Å². The minimum absolute atomic E-state index is 0.0559. The highest BCUT2D eigenvalue weighted by Crippen LogP contribution is 2.41. The Hall–Kier alpha value is -3.12. The summed E-state index contributed by atoms with van der Waals surface area (Å²) in [6, 6.07) is 18.0. The number of hydrogen-bond acceptors (Lipinski definition) is 6. The van der Waals surface area contributed by atoms with E-state index in [0.29, 0.717) is 12.0 Å². The van der Waals surface area contributed by atoms with Crippen LogP contribution in [0.1, 0.15) is 60.4 Å². The molecule has 8 heteroatoms. The van der Waals surface area contributed by atoms with Gasteiger partial charge in [-0.1, -0.05) is 31.2 Å². The minimum Gasteiger partial charge on any atom is -0.295 e. The zero-order valence-corrected chi connectivity index (χ0v) is 20.7. The maximum atomic E-state index is 12.3. The lowest BCUT2D eigenvalue weighted by atomic mass is 9.81. The summed E-state index contributed by atoms with van der Waals surface area (Å²) in [4.78, 5) is 11.2. The summed E-state index contributed by atoms with van der Waals surface area (Å²) >= 11 is 0. The molecule has 4 rings (SSSR count). The molecule has 2 aromatic heterocycles. The number of nitriles is 1. The van der Waals surface area contributed by atoms with E-state index >= 15 is 0 Å². The molecule has 0 amide bonds. The Labute approximate surface area is 207 Å². The average Bonchev–Trinajstić information content (AvgIpc) is 2.88. The highest BCUT2D eigenvalue weighted by Gasteiger charge is 2.35. The first-order chi connectivity index (χ1) is 17.0.